The summed E-state index contributed by atoms with van der Waals surface area (Å²) in [5.41, 5.74) is 5.62. The van der Waals surface area contributed by atoms with Gasteiger partial charge in [0.25, 0.3) is 5.95 Å². The Balaban J connectivity index is 1.95. The lowest BCUT2D eigenvalue weighted by atomic mass is 10.3. The van der Waals surface area contributed by atoms with Crippen molar-refractivity contribution in [3.05, 3.63) is 40.9 Å². The lowest BCUT2D eigenvalue weighted by molar-refractivity contribution is 0.438. The van der Waals surface area contributed by atoms with E-state index in [-0.39, 0.29) is 17.9 Å². The molecule has 106 valence electrons. The van der Waals surface area contributed by atoms with Gasteiger partial charge in [0.1, 0.15) is 18.4 Å². The summed E-state index contributed by atoms with van der Waals surface area (Å²) in [6, 6.07) is 4.75. The first-order valence-electron chi connectivity index (χ1n) is 5.61. The molecule has 0 aliphatic heterocycles. The predicted octanol–water partition coefficient (Wildman–Crippen LogP) is 2.13. The normalized spacial score (nSPS) is 10.6. The summed E-state index contributed by atoms with van der Waals surface area (Å²) >= 11 is 11.8. The molecule has 0 spiro atoms. The number of halogens is 2. The Bertz CT molecular complexity index is 778. The van der Waals surface area contributed by atoms with Gasteiger partial charge >= 0.3 is 6.01 Å². The number of hydrogen-bond donors (Lipinski definition) is 1. The molecule has 0 atom stereocenters. The third kappa shape index (κ3) is 3.01. The quantitative estimate of drug-likeness (QED) is 0.787. The highest BCUT2D eigenvalue weighted by molar-refractivity contribution is 6.35. The molecule has 0 unspecified atom stereocenters. The van der Waals surface area contributed by atoms with E-state index >= 15 is 0 Å². The van der Waals surface area contributed by atoms with E-state index in [1.165, 1.54) is 17.3 Å². The summed E-state index contributed by atoms with van der Waals surface area (Å²) in [5.74, 6) is 0.506. The molecule has 10 heteroatoms. The number of nitrogen functional groups attached to an aromatic ring is 1. The van der Waals surface area contributed by atoms with Gasteiger partial charge in [0.15, 0.2) is 0 Å². The maximum atomic E-state index is 6.02. The SMILES string of the molecule is Nc1nc(Oc2ccc(Cl)cc2Cl)nc(-n2cncn2)n1. The molecular weight excluding hydrogens is 317 g/mol. The average Bonchev–Trinajstić information content (AvgIpc) is 2.95. The highest BCUT2D eigenvalue weighted by atomic mass is 35.5. The van der Waals surface area contributed by atoms with Gasteiger partial charge in [-0.15, -0.1) is 0 Å². The highest BCUT2D eigenvalue weighted by Gasteiger charge is 2.11. The molecule has 2 aromatic heterocycles. The molecule has 0 amide bonds. The zero-order valence-electron chi connectivity index (χ0n) is 10.3. The van der Waals surface area contributed by atoms with Crippen molar-refractivity contribution in [1.82, 2.24) is 29.7 Å². The summed E-state index contributed by atoms with van der Waals surface area (Å²) in [6.07, 6.45) is 2.77. The average molecular weight is 324 g/mol. The molecule has 0 saturated heterocycles. The van der Waals surface area contributed by atoms with Gasteiger partial charge in [-0.2, -0.15) is 24.7 Å². The second kappa shape index (κ2) is 5.51. The second-order valence-electron chi connectivity index (χ2n) is 3.79. The van der Waals surface area contributed by atoms with Gasteiger partial charge in [-0.1, -0.05) is 23.2 Å². The third-order valence-electron chi connectivity index (χ3n) is 2.34. The molecule has 21 heavy (non-hydrogen) atoms. The van der Waals surface area contributed by atoms with E-state index < -0.39 is 0 Å². The number of anilines is 1. The van der Waals surface area contributed by atoms with Crippen LogP contribution >= 0.6 is 23.2 Å². The fourth-order valence-corrected chi connectivity index (χ4v) is 1.92. The smallest absolute Gasteiger partial charge is 0.328 e. The molecule has 0 fully saturated rings. The van der Waals surface area contributed by atoms with Crippen molar-refractivity contribution in [2.24, 2.45) is 0 Å². The fourth-order valence-electron chi connectivity index (χ4n) is 1.48. The van der Waals surface area contributed by atoms with Gasteiger partial charge < -0.3 is 10.5 Å². The van der Waals surface area contributed by atoms with Crippen LogP contribution in [0.1, 0.15) is 0 Å². The molecule has 0 aliphatic rings. The van der Waals surface area contributed by atoms with Gasteiger partial charge in [0.05, 0.1) is 5.02 Å². The van der Waals surface area contributed by atoms with Gasteiger partial charge in [-0.25, -0.2) is 4.98 Å². The minimum absolute atomic E-state index is 0.0165. The molecule has 0 aliphatic carbocycles. The number of aromatic nitrogens is 6. The minimum atomic E-state index is -0.0180. The zero-order valence-corrected chi connectivity index (χ0v) is 11.8. The van der Waals surface area contributed by atoms with Crippen LogP contribution in [0.5, 0.6) is 11.8 Å². The maximum Gasteiger partial charge on any atom is 0.328 e. The molecule has 3 rings (SSSR count). The highest BCUT2D eigenvalue weighted by Crippen LogP contribution is 2.30. The topological polar surface area (TPSA) is 105 Å². The number of nitrogens with two attached hydrogens (primary N) is 1. The number of nitrogens with zero attached hydrogens (tertiary/aromatic N) is 6. The van der Waals surface area contributed by atoms with Crippen molar-refractivity contribution in [3.63, 3.8) is 0 Å². The van der Waals surface area contributed by atoms with Crippen LogP contribution < -0.4 is 10.5 Å². The minimum Gasteiger partial charge on any atom is -0.423 e. The van der Waals surface area contributed by atoms with Crippen molar-refractivity contribution < 1.29 is 4.74 Å². The second-order valence-corrected chi connectivity index (χ2v) is 4.64. The van der Waals surface area contributed by atoms with E-state index in [9.17, 15) is 0 Å². The molecule has 0 bridgehead atoms. The standard InChI is InChI=1S/C11H7Cl2N7O/c12-6-1-2-8(7(13)3-6)21-11-18-9(14)17-10(19-11)20-5-15-4-16-20/h1-5H,(H2,14,17,18,19). The number of hydrogen-bond acceptors (Lipinski definition) is 7. The predicted molar refractivity (Wildman–Crippen MR) is 75.7 cm³/mol. The maximum absolute atomic E-state index is 6.02. The van der Waals surface area contributed by atoms with Crippen LogP contribution in [-0.4, -0.2) is 29.7 Å². The van der Waals surface area contributed by atoms with Crippen LogP contribution in [0.25, 0.3) is 5.95 Å². The number of rotatable bonds is 3. The van der Waals surface area contributed by atoms with E-state index in [4.69, 9.17) is 33.7 Å². The van der Waals surface area contributed by atoms with Gasteiger partial charge in [-0.3, -0.25) is 0 Å². The number of ether oxygens (including phenoxy) is 1. The first-order chi connectivity index (χ1) is 10.1. The van der Waals surface area contributed by atoms with Gasteiger partial charge in [0.2, 0.25) is 5.95 Å². The Morgan fingerprint density at radius 2 is 2.00 bits per heavy atom. The van der Waals surface area contributed by atoms with Crippen LogP contribution in [0.2, 0.25) is 10.0 Å². The molecule has 1 aromatic carbocycles. The molecule has 2 heterocycles. The van der Waals surface area contributed by atoms with Gasteiger partial charge in [-0.05, 0) is 18.2 Å². The summed E-state index contributed by atoms with van der Waals surface area (Å²) in [4.78, 5) is 15.7. The fraction of sp³-hybridized carbons (Fsp3) is 0. The zero-order chi connectivity index (χ0) is 14.8. The first-order valence-corrected chi connectivity index (χ1v) is 6.37. The molecule has 0 radical (unpaired) electrons. The van der Waals surface area contributed by atoms with E-state index in [1.807, 2.05) is 0 Å². The Hall–Kier alpha value is -2.45. The van der Waals surface area contributed by atoms with Crippen LogP contribution in [0, 0.1) is 0 Å². The lowest BCUT2D eigenvalue weighted by Gasteiger charge is -2.07. The van der Waals surface area contributed by atoms with Crippen LogP contribution in [0.4, 0.5) is 5.95 Å². The molecule has 8 nitrogen and oxygen atoms in total. The van der Waals surface area contributed by atoms with Gasteiger partial charge in [0, 0.05) is 5.02 Å². The van der Waals surface area contributed by atoms with Crippen molar-refractivity contribution >= 4 is 29.2 Å². The van der Waals surface area contributed by atoms with Crippen molar-refractivity contribution in [3.8, 4) is 17.7 Å². The molecular formula is C11H7Cl2N7O. The van der Waals surface area contributed by atoms with Crippen molar-refractivity contribution in [2.45, 2.75) is 0 Å². The summed E-state index contributed by atoms with van der Waals surface area (Å²) in [5, 5.41) is 4.72. The van der Waals surface area contributed by atoms with E-state index in [1.54, 1.807) is 18.2 Å². The van der Waals surface area contributed by atoms with Crippen LogP contribution in [0.15, 0.2) is 30.9 Å². The summed E-state index contributed by atoms with van der Waals surface area (Å²) in [6.45, 7) is 0. The van der Waals surface area contributed by atoms with Crippen molar-refractivity contribution in [1.29, 1.82) is 0 Å². The lowest BCUT2D eigenvalue weighted by Crippen LogP contribution is -2.08. The molecule has 0 saturated carbocycles. The summed E-state index contributed by atoms with van der Waals surface area (Å²) < 4.78 is 6.82. The molecule has 3 aromatic rings. The Labute approximate surface area is 128 Å². The van der Waals surface area contributed by atoms with Crippen LogP contribution in [-0.2, 0) is 0 Å². The summed E-state index contributed by atoms with van der Waals surface area (Å²) in [7, 11) is 0. The number of benzene rings is 1. The van der Waals surface area contributed by atoms with E-state index in [0.29, 0.717) is 15.8 Å². The Morgan fingerprint density at radius 1 is 1.14 bits per heavy atom. The Kier molecular flexibility index (Phi) is 3.55. The van der Waals surface area contributed by atoms with E-state index in [0.717, 1.165) is 0 Å². The van der Waals surface area contributed by atoms with Crippen LogP contribution in [0.3, 0.4) is 0 Å². The third-order valence-corrected chi connectivity index (χ3v) is 2.87. The molecule has 2 N–H and O–H groups in total. The first kappa shape index (κ1) is 13.5. The monoisotopic (exact) mass is 323 g/mol. The van der Waals surface area contributed by atoms with Crippen molar-refractivity contribution in [2.75, 3.05) is 5.73 Å². The van der Waals surface area contributed by atoms with E-state index in [2.05, 4.69) is 25.0 Å². The Morgan fingerprint density at radius 3 is 2.71 bits per heavy atom. The largest absolute Gasteiger partial charge is 0.423 e.